The zero-order valence-electron chi connectivity index (χ0n) is 15.3. The first-order chi connectivity index (χ1) is 12.6. The largest absolute Gasteiger partial charge is 0.497 e. The molecule has 1 atom stereocenters. The van der Waals surface area contributed by atoms with Crippen LogP contribution in [0.15, 0.2) is 66.7 Å². The number of ether oxygens (including phenoxy) is 2. The smallest absolute Gasteiger partial charge is 0.263 e. The van der Waals surface area contributed by atoms with Crippen LogP contribution in [0.2, 0.25) is 0 Å². The van der Waals surface area contributed by atoms with E-state index in [9.17, 15) is 4.79 Å². The molecule has 3 rings (SSSR count). The van der Waals surface area contributed by atoms with E-state index >= 15 is 0 Å². The molecule has 0 spiro atoms. The molecule has 0 aromatic heterocycles. The van der Waals surface area contributed by atoms with Gasteiger partial charge in [0.05, 0.1) is 7.11 Å². The van der Waals surface area contributed by atoms with E-state index < -0.39 is 6.10 Å². The Labute approximate surface area is 154 Å². The number of benzene rings is 3. The average Bonchev–Trinajstić information content (AvgIpc) is 2.67. The van der Waals surface area contributed by atoms with E-state index in [-0.39, 0.29) is 5.91 Å². The number of rotatable bonds is 6. The van der Waals surface area contributed by atoms with Crippen molar-refractivity contribution >= 4 is 16.7 Å². The van der Waals surface area contributed by atoms with Crippen molar-refractivity contribution in [3.63, 3.8) is 0 Å². The molecule has 0 heterocycles. The van der Waals surface area contributed by atoms with Crippen LogP contribution >= 0.6 is 0 Å². The van der Waals surface area contributed by atoms with E-state index in [2.05, 4.69) is 0 Å². The fourth-order valence-corrected chi connectivity index (χ4v) is 2.90. The predicted molar refractivity (Wildman–Crippen MR) is 104 cm³/mol. The van der Waals surface area contributed by atoms with Crippen LogP contribution < -0.4 is 9.47 Å². The summed E-state index contributed by atoms with van der Waals surface area (Å²) in [6.07, 6.45) is -0.563. The third kappa shape index (κ3) is 4.14. The Hall–Kier alpha value is -3.01. The maximum Gasteiger partial charge on any atom is 0.263 e. The van der Waals surface area contributed by atoms with Gasteiger partial charge >= 0.3 is 0 Å². The van der Waals surface area contributed by atoms with Crippen molar-refractivity contribution in [2.45, 2.75) is 19.6 Å². The molecule has 0 aliphatic rings. The number of likely N-dealkylation sites (N-methyl/N-ethyl adjacent to an activating group) is 1. The van der Waals surface area contributed by atoms with Crippen molar-refractivity contribution in [3.8, 4) is 11.5 Å². The van der Waals surface area contributed by atoms with Gasteiger partial charge in [-0.15, -0.1) is 0 Å². The Balaban J connectivity index is 1.69. The fraction of sp³-hybridized carbons (Fsp3) is 0.227. The second-order valence-corrected chi connectivity index (χ2v) is 6.31. The molecule has 0 unspecified atom stereocenters. The summed E-state index contributed by atoms with van der Waals surface area (Å²) in [5, 5.41) is 2.11. The molecular weight excluding hydrogens is 326 g/mol. The molecule has 0 saturated heterocycles. The highest BCUT2D eigenvalue weighted by Crippen LogP contribution is 2.25. The number of carbonyl (C=O) groups excluding carboxylic acids is 1. The van der Waals surface area contributed by atoms with Crippen molar-refractivity contribution in [1.82, 2.24) is 4.90 Å². The van der Waals surface area contributed by atoms with Crippen LogP contribution in [-0.2, 0) is 11.3 Å². The second-order valence-electron chi connectivity index (χ2n) is 6.31. The highest BCUT2D eigenvalue weighted by atomic mass is 16.5. The van der Waals surface area contributed by atoms with E-state index in [4.69, 9.17) is 9.47 Å². The summed E-state index contributed by atoms with van der Waals surface area (Å²) >= 11 is 0. The monoisotopic (exact) mass is 349 g/mol. The van der Waals surface area contributed by atoms with Gasteiger partial charge in [-0.1, -0.05) is 42.5 Å². The third-order valence-corrected chi connectivity index (χ3v) is 4.32. The van der Waals surface area contributed by atoms with Crippen LogP contribution in [0.3, 0.4) is 0 Å². The molecule has 1 amide bonds. The van der Waals surface area contributed by atoms with Crippen LogP contribution in [0.4, 0.5) is 0 Å². The van der Waals surface area contributed by atoms with Crippen molar-refractivity contribution < 1.29 is 14.3 Å². The van der Waals surface area contributed by atoms with Gasteiger partial charge in [0.1, 0.15) is 11.5 Å². The van der Waals surface area contributed by atoms with E-state index in [0.717, 1.165) is 22.1 Å². The molecule has 0 radical (unpaired) electrons. The second kappa shape index (κ2) is 7.91. The van der Waals surface area contributed by atoms with Crippen molar-refractivity contribution in [1.29, 1.82) is 0 Å². The fourth-order valence-electron chi connectivity index (χ4n) is 2.90. The zero-order chi connectivity index (χ0) is 18.5. The molecule has 0 N–H and O–H groups in total. The lowest BCUT2D eigenvalue weighted by Gasteiger charge is -2.22. The van der Waals surface area contributed by atoms with E-state index in [0.29, 0.717) is 12.3 Å². The van der Waals surface area contributed by atoms with E-state index in [1.807, 2.05) is 66.7 Å². The maximum absolute atomic E-state index is 12.6. The number of carbonyl (C=O) groups is 1. The van der Waals surface area contributed by atoms with Gasteiger partial charge in [-0.2, -0.15) is 0 Å². The molecule has 26 heavy (non-hydrogen) atoms. The molecule has 0 saturated carbocycles. The first-order valence-corrected chi connectivity index (χ1v) is 8.60. The van der Waals surface area contributed by atoms with Crippen LogP contribution in [0.25, 0.3) is 10.8 Å². The van der Waals surface area contributed by atoms with Crippen LogP contribution in [-0.4, -0.2) is 31.1 Å². The maximum atomic E-state index is 12.6. The minimum Gasteiger partial charge on any atom is -0.497 e. The molecule has 0 aliphatic heterocycles. The van der Waals surface area contributed by atoms with Gasteiger partial charge in [0.25, 0.3) is 5.91 Å². The van der Waals surface area contributed by atoms with Crippen molar-refractivity contribution in [2.24, 2.45) is 0 Å². The Morgan fingerprint density at radius 1 is 0.962 bits per heavy atom. The molecule has 0 aliphatic carbocycles. The predicted octanol–water partition coefficient (Wildman–Crippen LogP) is 4.27. The summed E-state index contributed by atoms with van der Waals surface area (Å²) < 4.78 is 11.2. The molecule has 3 aromatic carbocycles. The number of amides is 1. The Bertz CT molecular complexity index is 892. The van der Waals surface area contributed by atoms with Gasteiger partial charge in [0.15, 0.2) is 6.10 Å². The Kier molecular flexibility index (Phi) is 5.42. The SMILES string of the molecule is COc1ccc2ccc(O[C@@H](C)C(=O)N(C)Cc3ccccc3)cc2c1. The van der Waals surface area contributed by atoms with Gasteiger partial charge in [-0.05, 0) is 47.5 Å². The van der Waals surface area contributed by atoms with Gasteiger partial charge in [-0.25, -0.2) is 0 Å². The lowest BCUT2D eigenvalue weighted by atomic mass is 10.1. The third-order valence-electron chi connectivity index (χ3n) is 4.32. The summed E-state index contributed by atoms with van der Waals surface area (Å²) in [6, 6.07) is 21.6. The minimum absolute atomic E-state index is 0.0559. The van der Waals surface area contributed by atoms with Crippen molar-refractivity contribution in [2.75, 3.05) is 14.2 Å². The summed E-state index contributed by atoms with van der Waals surface area (Å²) in [5.41, 5.74) is 1.09. The molecule has 4 nitrogen and oxygen atoms in total. The van der Waals surface area contributed by atoms with E-state index in [1.165, 1.54) is 0 Å². The quantitative estimate of drug-likeness (QED) is 0.667. The normalized spacial score (nSPS) is 11.8. The molecule has 3 aromatic rings. The standard InChI is InChI=1S/C22H23NO3/c1-16(22(24)23(2)15-17-7-5-4-6-8-17)26-21-12-10-18-9-11-20(25-3)13-19(18)14-21/h4-14,16H,15H2,1-3H3/t16-/m0/s1. The number of fused-ring (bicyclic) bond motifs is 1. The molecule has 0 fully saturated rings. The van der Waals surface area contributed by atoms with Gasteiger partial charge in [-0.3, -0.25) is 4.79 Å². The number of hydrogen-bond donors (Lipinski definition) is 0. The number of methoxy groups -OCH3 is 1. The van der Waals surface area contributed by atoms with Gasteiger partial charge in [0, 0.05) is 13.6 Å². The van der Waals surface area contributed by atoms with Crippen LogP contribution in [0, 0.1) is 0 Å². The van der Waals surface area contributed by atoms with Crippen molar-refractivity contribution in [3.05, 3.63) is 72.3 Å². The lowest BCUT2D eigenvalue weighted by molar-refractivity contribution is -0.137. The molecule has 0 bridgehead atoms. The summed E-state index contributed by atoms with van der Waals surface area (Å²) in [6.45, 7) is 2.34. The highest BCUT2D eigenvalue weighted by Gasteiger charge is 2.19. The zero-order valence-corrected chi connectivity index (χ0v) is 15.3. The Morgan fingerprint density at radius 2 is 1.62 bits per heavy atom. The first-order valence-electron chi connectivity index (χ1n) is 8.60. The highest BCUT2D eigenvalue weighted by molar-refractivity contribution is 5.85. The first kappa shape index (κ1) is 17.8. The van der Waals surface area contributed by atoms with Gasteiger partial charge in [0.2, 0.25) is 0 Å². The topological polar surface area (TPSA) is 38.8 Å². The summed E-state index contributed by atoms with van der Waals surface area (Å²) in [4.78, 5) is 14.3. The van der Waals surface area contributed by atoms with E-state index in [1.54, 1.807) is 26.0 Å². The number of nitrogens with zero attached hydrogens (tertiary/aromatic N) is 1. The molecule has 134 valence electrons. The Morgan fingerprint density at radius 3 is 2.31 bits per heavy atom. The van der Waals surface area contributed by atoms with Gasteiger partial charge < -0.3 is 14.4 Å². The summed E-state index contributed by atoms with van der Waals surface area (Å²) in [5.74, 6) is 1.40. The number of hydrogen-bond acceptors (Lipinski definition) is 3. The molecule has 4 heteroatoms. The lowest BCUT2D eigenvalue weighted by Crippen LogP contribution is -2.37. The average molecular weight is 349 g/mol. The molecular formula is C22H23NO3. The van der Waals surface area contributed by atoms with Crippen LogP contribution in [0.5, 0.6) is 11.5 Å². The summed E-state index contributed by atoms with van der Waals surface area (Å²) in [7, 11) is 3.44. The van der Waals surface area contributed by atoms with Crippen LogP contribution in [0.1, 0.15) is 12.5 Å². The minimum atomic E-state index is -0.563.